The Kier molecular flexibility index (Phi) is 4.63. The van der Waals surface area contributed by atoms with Crippen molar-refractivity contribution in [2.75, 3.05) is 4.90 Å². The van der Waals surface area contributed by atoms with Gasteiger partial charge in [-0.25, -0.2) is 4.39 Å². The zero-order chi connectivity index (χ0) is 23.4. The number of benzene rings is 3. The summed E-state index contributed by atoms with van der Waals surface area (Å²) in [5.41, 5.74) is 4.07. The maximum absolute atomic E-state index is 13.5. The molecule has 0 fully saturated rings. The molecule has 5 aromatic rings. The van der Waals surface area contributed by atoms with Crippen molar-refractivity contribution in [1.82, 2.24) is 14.6 Å². The normalized spacial score (nSPS) is 14.8. The predicted octanol–water partition coefficient (Wildman–Crippen LogP) is 3.73. The third kappa shape index (κ3) is 3.22. The third-order valence-corrected chi connectivity index (χ3v) is 6.87. The van der Waals surface area contributed by atoms with Gasteiger partial charge in [0.1, 0.15) is 10.3 Å². The minimum absolute atomic E-state index is 0.270. The van der Waals surface area contributed by atoms with E-state index in [0.717, 1.165) is 28.0 Å². The first kappa shape index (κ1) is 20.4. The molecule has 0 saturated heterocycles. The predicted molar refractivity (Wildman–Crippen MR) is 129 cm³/mol. The van der Waals surface area contributed by atoms with Crippen LogP contribution in [0.3, 0.4) is 0 Å². The number of carbonyl (C=O) groups is 1. The van der Waals surface area contributed by atoms with Crippen molar-refractivity contribution in [1.29, 1.82) is 0 Å². The number of fused-ring (bicyclic) bond motifs is 2. The Morgan fingerprint density at radius 1 is 0.971 bits per heavy atom. The van der Waals surface area contributed by atoms with Crippen LogP contribution in [0.15, 0.2) is 77.6 Å². The molecule has 34 heavy (non-hydrogen) atoms. The fourth-order valence-electron chi connectivity index (χ4n) is 4.22. The number of anilines is 1. The number of halogens is 1. The van der Waals surface area contributed by atoms with Crippen LogP contribution in [0.2, 0.25) is 0 Å². The summed E-state index contributed by atoms with van der Waals surface area (Å²) >= 11 is 1.16. The highest BCUT2D eigenvalue weighted by atomic mass is 32.1. The molecule has 6 rings (SSSR count). The molecular weight excluding hydrogens is 451 g/mol. The van der Waals surface area contributed by atoms with Crippen molar-refractivity contribution in [3.63, 3.8) is 0 Å². The highest BCUT2D eigenvalue weighted by Crippen LogP contribution is 2.36. The minimum Gasteiger partial charge on any atom is -0.303 e. The molecular formula is C26H17FN4O2S. The van der Waals surface area contributed by atoms with Crippen LogP contribution in [-0.2, 0) is 11.3 Å². The standard InChI is InChI=1S/C26H17FN4O2S/c1-15-5-4-6-17(13-15)23-28-26-31(29-23)25(33)22(34-26)21-19-7-2-3-8-20(19)30(24(21)32)14-16-9-11-18(27)12-10-16/h2-13H,14H2,1H3/b22-21-. The Balaban J connectivity index is 1.49. The highest BCUT2D eigenvalue weighted by Gasteiger charge is 2.34. The van der Waals surface area contributed by atoms with E-state index in [0.29, 0.717) is 32.1 Å². The molecule has 8 heteroatoms. The van der Waals surface area contributed by atoms with Gasteiger partial charge in [-0.1, -0.05) is 65.4 Å². The molecule has 1 aliphatic rings. The number of rotatable bonds is 3. The second kappa shape index (κ2) is 7.71. The smallest absolute Gasteiger partial charge is 0.291 e. The Labute approximate surface area is 197 Å². The topological polar surface area (TPSA) is 67.6 Å². The Morgan fingerprint density at radius 2 is 1.76 bits per heavy atom. The van der Waals surface area contributed by atoms with Crippen LogP contribution in [0.4, 0.5) is 10.1 Å². The summed E-state index contributed by atoms with van der Waals surface area (Å²) in [7, 11) is 0. The first-order valence-corrected chi connectivity index (χ1v) is 11.5. The van der Waals surface area contributed by atoms with E-state index in [-0.39, 0.29) is 23.8 Å². The van der Waals surface area contributed by atoms with Crippen molar-refractivity contribution in [3.05, 3.63) is 110 Å². The molecule has 0 spiro atoms. The number of para-hydroxylation sites is 1. The average molecular weight is 469 g/mol. The van der Waals surface area contributed by atoms with E-state index in [1.807, 2.05) is 55.5 Å². The number of aryl methyl sites for hydroxylation is 1. The number of amides is 1. The minimum atomic E-state index is -0.367. The highest BCUT2D eigenvalue weighted by molar-refractivity contribution is 7.15. The Morgan fingerprint density at radius 3 is 2.53 bits per heavy atom. The van der Waals surface area contributed by atoms with Gasteiger partial charge in [0.2, 0.25) is 4.96 Å². The lowest BCUT2D eigenvalue weighted by atomic mass is 10.1. The van der Waals surface area contributed by atoms with Crippen LogP contribution < -0.4 is 15.0 Å². The van der Waals surface area contributed by atoms with Gasteiger partial charge >= 0.3 is 0 Å². The van der Waals surface area contributed by atoms with E-state index in [2.05, 4.69) is 10.1 Å². The lowest BCUT2D eigenvalue weighted by molar-refractivity contribution is -0.113. The number of hydrogen-bond acceptors (Lipinski definition) is 5. The first-order valence-electron chi connectivity index (χ1n) is 10.7. The fraction of sp³-hybridized carbons (Fsp3) is 0.0769. The van der Waals surface area contributed by atoms with Gasteiger partial charge in [0.15, 0.2) is 5.82 Å². The number of thiazole rings is 1. The molecule has 6 nitrogen and oxygen atoms in total. The molecule has 1 amide bonds. The largest absolute Gasteiger partial charge is 0.303 e. The van der Waals surface area contributed by atoms with Crippen molar-refractivity contribution in [2.45, 2.75) is 13.5 Å². The second-order valence-electron chi connectivity index (χ2n) is 8.15. The summed E-state index contributed by atoms with van der Waals surface area (Å²) in [5, 5.41) is 4.42. The third-order valence-electron chi connectivity index (χ3n) is 5.84. The maximum Gasteiger partial charge on any atom is 0.291 e. The number of aromatic nitrogens is 3. The summed E-state index contributed by atoms with van der Waals surface area (Å²) in [6.45, 7) is 2.25. The summed E-state index contributed by atoms with van der Waals surface area (Å²) in [5.74, 6) is -0.134. The summed E-state index contributed by atoms with van der Waals surface area (Å²) < 4.78 is 14.9. The molecule has 1 aliphatic heterocycles. The number of carbonyl (C=O) groups excluding carboxylic acids is 1. The maximum atomic E-state index is 13.5. The molecule has 3 heterocycles. The number of hydrogen-bond donors (Lipinski definition) is 0. The molecule has 2 aromatic heterocycles. The van der Waals surface area contributed by atoms with Gasteiger partial charge in [-0.15, -0.1) is 5.10 Å². The zero-order valence-corrected chi connectivity index (χ0v) is 18.8. The van der Waals surface area contributed by atoms with Crippen molar-refractivity contribution in [3.8, 4) is 11.4 Å². The van der Waals surface area contributed by atoms with Gasteiger partial charge in [0.05, 0.1) is 17.8 Å². The van der Waals surface area contributed by atoms with Gasteiger partial charge in [0, 0.05) is 11.1 Å². The zero-order valence-electron chi connectivity index (χ0n) is 18.0. The van der Waals surface area contributed by atoms with E-state index in [1.54, 1.807) is 17.0 Å². The monoisotopic (exact) mass is 468 g/mol. The molecule has 0 unspecified atom stereocenters. The summed E-state index contributed by atoms with van der Waals surface area (Å²) in [6, 6.07) is 21.2. The lowest BCUT2D eigenvalue weighted by Crippen LogP contribution is -2.32. The molecule has 3 aromatic carbocycles. The van der Waals surface area contributed by atoms with Gasteiger partial charge in [-0.2, -0.15) is 9.50 Å². The van der Waals surface area contributed by atoms with Crippen LogP contribution in [-0.4, -0.2) is 20.5 Å². The molecule has 0 atom stereocenters. The van der Waals surface area contributed by atoms with Gasteiger partial charge < -0.3 is 4.90 Å². The second-order valence-corrected chi connectivity index (χ2v) is 9.12. The average Bonchev–Trinajstić information content (AvgIpc) is 3.47. The molecule has 0 radical (unpaired) electrons. The fourth-order valence-corrected chi connectivity index (χ4v) is 5.22. The van der Waals surface area contributed by atoms with E-state index in [9.17, 15) is 14.0 Å². The SMILES string of the molecule is Cc1cccc(-c2nc3s/c(=C4\C(=O)N(Cc5ccc(F)cc5)c5ccccc54)c(=O)n3n2)c1. The van der Waals surface area contributed by atoms with E-state index in [4.69, 9.17) is 0 Å². The molecule has 166 valence electrons. The van der Waals surface area contributed by atoms with E-state index in [1.165, 1.54) is 16.6 Å². The summed E-state index contributed by atoms with van der Waals surface area (Å²) in [6.07, 6.45) is 0. The molecule has 0 saturated carbocycles. The van der Waals surface area contributed by atoms with Crippen LogP contribution in [0.5, 0.6) is 0 Å². The van der Waals surface area contributed by atoms with Crippen LogP contribution in [0, 0.1) is 12.7 Å². The Bertz CT molecular complexity index is 1710. The number of nitrogens with zero attached hydrogens (tertiary/aromatic N) is 4. The summed E-state index contributed by atoms with van der Waals surface area (Å²) in [4.78, 5) is 33.5. The molecule has 0 bridgehead atoms. The van der Waals surface area contributed by atoms with Crippen molar-refractivity contribution in [2.24, 2.45) is 0 Å². The molecule has 0 N–H and O–H groups in total. The van der Waals surface area contributed by atoms with Crippen molar-refractivity contribution < 1.29 is 9.18 Å². The van der Waals surface area contributed by atoms with Gasteiger partial charge in [-0.05, 0) is 36.8 Å². The lowest BCUT2D eigenvalue weighted by Gasteiger charge is -2.17. The van der Waals surface area contributed by atoms with Crippen LogP contribution >= 0.6 is 11.3 Å². The Hall–Kier alpha value is -4.17. The molecule has 0 aliphatic carbocycles. The van der Waals surface area contributed by atoms with Gasteiger partial charge in [-0.3, -0.25) is 9.59 Å². The first-order chi connectivity index (χ1) is 16.5. The van der Waals surface area contributed by atoms with E-state index < -0.39 is 0 Å². The van der Waals surface area contributed by atoms with Crippen molar-refractivity contribution >= 4 is 33.5 Å². The van der Waals surface area contributed by atoms with Crippen LogP contribution in [0.25, 0.3) is 21.9 Å². The van der Waals surface area contributed by atoms with Gasteiger partial charge in [0.25, 0.3) is 11.5 Å². The van der Waals surface area contributed by atoms with Crippen LogP contribution in [0.1, 0.15) is 16.7 Å². The van der Waals surface area contributed by atoms with E-state index >= 15 is 0 Å². The quantitative estimate of drug-likeness (QED) is 0.405.